The maximum atomic E-state index is 15.2. The highest BCUT2D eigenvalue weighted by molar-refractivity contribution is 7.85. The van der Waals surface area contributed by atoms with Gasteiger partial charge in [0.25, 0.3) is 5.91 Å². The fourth-order valence-electron chi connectivity index (χ4n) is 2.92. The Labute approximate surface area is 157 Å². The number of halogens is 1. The molecule has 136 valence electrons. The van der Waals surface area contributed by atoms with E-state index < -0.39 is 28.6 Å². The number of nitrogens with one attached hydrogen (secondary N) is 1. The van der Waals surface area contributed by atoms with E-state index in [0.717, 1.165) is 9.87 Å². The zero-order valence-corrected chi connectivity index (χ0v) is 14.7. The second-order valence-electron chi connectivity index (χ2n) is 5.90. The second-order valence-corrected chi connectivity index (χ2v) is 7.04. The van der Waals surface area contributed by atoms with Crippen molar-refractivity contribution in [1.82, 2.24) is 9.71 Å². The molecule has 2 aromatic carbocycles. The van der Waals surface area contributed by atoms with Crippen molar-refractivity contribution in [3.63, 3.8) is 0 Å². The Bertz CT molecular complexity index is 1060. The standard InChI is InChI=1S/C19H14FN3O3S/c20-18-14(6-7-16(24)19(18)23-11-17(25)22-27(23)26)13-8-9-21-15(10-13)12-4-2-1-3-5-12/h1-10,24H,11H2,(H,22,25). The average Bonchev–Trinajstić information content (AvgIpc) is 3.00. The van der Waals surface area contributed by atoms with Crippen molar-refractivity contribution < 1.29 is 18.5 Å². The third-order valence-electron chi connectivity index (χ3n) is 4.17. The molecular formula is C19H14FN3O3S. The first kappa shape index (κ1) is 17.2. The van der Waals surface area contributed by atoms with Crippen LogP contribution in [0.25, 0.3) is 22.4 Å². The van der Waals surface area contributed by atoms with Gasteiger partial charge in [-0.2, -0.15) is 0 Å². The van der Waals surface area contributed by atoms with E-state index in [2.05, 4.69) is 9.71 Å². The summed E-state index contributed by atoms with van der Waals surface area (Å²) in [5.41, 5.74) is 2.03. The molecule has 0 aliphatic carbocycles. The van der Waals surface area contributed by atoms with Gasteiger partial charge in [0.1, 0.15) is 18.0 Å². The summed E-state index contributed by atoms with van der Waals surface area (Å²) in [7, 11) is 0. The summed E-state index contributed by atoms with van der Waals surface area (Å²) >= 11 is -1.94. The van der Waals surface area contributed by atoms with Crippen LogP contribution >= 0.6 is 0 Å². The molecule has 1 saturated heterocycles. The number of benzene rings is 2. The minimum absolute atomic E-state index is 0.207. The SMILES string of the molecule is O=C1CN(c2c(O)ccc(-c3ccnc(-c4ccccc4)c3)c2F)S(=O)N1. The fraction of sp³-hybridized carbons (Fsp3) is 0.0526. The fourth-order valence-corrected chi connectivity index (χ4v) is 3.86. The maximum absolute atomic E-state index is 15.2. The molecule has 1 aromatic heterocycles. The number of anilines is 1. The number of aromatic nitrogens is 1. The van der Waals surface area contributed by atoms with Crippen LogP contribution in [0.1, 0.15) is 0 Å². The number of pyridine rings is 1. The molecule has 8 heteroatoms. The van der Waals surface area contributed by atoms with Crippen molar-refractivity contribution in [3.05, 3.63) is 66.6 Å². The smallest absolute Gasteiger partial charge is 0.253 e. The number of rotatable bonds is 3. The summed E-state index contributed by atoms with van der Waals surface area (Å²) in [5.74, 6) is -1.66. The number of carbonyl (C=O) groups is 1. The third kappa shape index (κ3) is 3.15. The number of carbonyl (C=O) groups excluding carboxylic acids is 1. The summed E-state index contributed by atoms with van der Waals surface area (Å²) in [6.45, 7) is -0.299. The molecule has 1 atom stereocenters. The number of phenolic OH excluding ortho intramolecular Hbond substituents is 1. The van der Waals surface area contributed by atoms with Gasteiger partial charge in [-0.25, -0.2) is 8.60 Å². The van der Waals surface area contributed by atoms with Gasteiger partial charge < -0.3 is 5.11 Å². The molecule has 1 aliphatic rings. The molecule has 4 rings (SSSR count). The Balaban J connectivity index is 1.81. The predicted molar refractivity (Wildman–Crippen MR) is 100 cm³/mol. The zero-order chi connectivity index (χ0) is 19.0. The Morgan fingerprint density at radius 1 is 1.11 bits per heavy atom. The van der Waals surface area contributed by atoms with Gasteiger partial charge in [0.05, 0.1) is 5.69 Å². The number of hydrogen-bond donors (Lipinski definition) is 2. The van der Waals surface area contributed by atoms with Crippen LogP contribution < -0.4 is 9.03 Å². The van der Waals surface area contributed by atoms with E-state index in [1.807, 2.05) is 30.3 Å². The molecule has 1 amide bonds. The highest BCUT2D eigenvalue weighted by atomic mass is 32.2. The Hall–Kier alpha value is -3.26. The first-order chi connectivity index (χ1) is 13.0. The highest BCUT2D eigenvalue weighted by Crippen LogP contribution is 2.38. The van der Waals surface area contributed by atoms with Gasteiger partial charge in [0.15, 0.2) is 5.82 Å². The van der Waals surface area contributed by atoms with Gasteiger partial charge in [-0.1, -0.05) is 30.3 Å². The van der Waals surface area contributed by atoms with Crippen LogP contribution in [0, 0.1) is 5.82 Å². The van der Waals surface area contributed by atoms with E-state index in [9.17, 15) is 14.1 Å². The van der Waals surface area contributed by atoms with Crippen molar-refractivity contribution in [1.29, 1.82) is 0 Å². The lowest BCUT2D eigenvalue weighted by atomic mass is 10.0. The van der Waals surface area contributed by atoms with Crippen molar-refractivity contribution in [2.75, 3.05) is 10.8 Å². The molecule has 2 N–H and O–H groups in total. The molecule has 3 aromatic rings. The molecule has 6 nitrogen and oxygen atoms in total. The monoisotopic (exact) mass is 383 g/mol. The molecule has 0 saturated carbocycles. The van der Waals surface area contributed by atoms with Gasteiger partial charge in [-0.05, 0) is 29.8 Å². The van der Waals surface area contributed by atoms with Crippen LogP contribution in [-0.2, 0) is 16.0 Å². The highest BCUT2D eigenvalue weighted by Gasteiger charge is 2.32. The molecule has 0 spiro atoms. The predicted octanol–water partition coefficient (Wildman–Crippen LogP) is 2.78. The molecule has 2 heterocycles. The lowest BCUT2D eigenvalue weighted by molar-refractivity contribution is -0.117. The summed E-state index contributed by atoms with van der Waals surface area (Å²) in [5, 5.41) is 10.1. The third-order valence-corrected chi connectivity index (χ3v) is 5.29. The minimum Gasteiger partial charge on any atom is -0.506 e. The number of hydrogen-bond acceptors (Lipinski definition) is 4. The van der Waals surface area contributed by atoms with E-state index in [4.69, 9.17) is 0 Å². The van der Waals surface area contributed by atoms with Crippen LogP contribution in [0.3, 0.4) is 0 Å². The molecule has 0 bridgehead atoms. The first-order valence-corrected chi connectivity index (χ1v) is 9.17. The molecule has 1 aliphatic heterocycles. The van der Waals surface area contributed by atoms with Crippen LogP contribution in [0.4, 0.5) is 10.1 Å². The van der Waals surface area contributed by atoms with Gasteiger partial charge in [0.2, 0.25) is 11.2 Å². The summed E-state index contributed by atoms with van der Waals surface area (Å²) in [4.78, 5) is 15.8. The van der Waals surface area contributed by atoms with Gasteiger partial charge in [-0.15, -0.1) is 0 Å². The zero-order valence-electron chi connectivity index (χ0n) is 13.9. The lowest BCUT2D eigenvalue weighted by Gasteiger charge is -2.18. The number of phenols is 1. The van der Waals surface area contributed by atoms with E-state index in [0.29, 0.717) is 11.3 Å². The normalized spacial score (nSPS) is 16.4. The number of amides is 1. The Morgan fingerprint density at radius 3 is 2.59 bits per heavy atom. The van der Waals surface area contributed by atoms with Crippen LogP contribution in [-0.4, -0.2) is 26.8 Å². The summed E-state index contributed by atoms with van der Waals surface area (Å²) in [6, 6.07) is 15.6. The van der Waals surface area contributed by atoms with Gasteiger partial charge >= 0.3 is 0 Å². The van der Waals surface area contributed by atoms with Crippen LogP contribution in [0.2, 0.25) is 0 Å². The maximum Gasteiger partial charge on any atom is 0.253 e. The Morgan fingerprint density at radius 2 is 1.89 bits per heavy atom. The Kier molecular flexibility index (Phi) is 4.33. The quantitative estimate of drug-likeness (QED) is 0.729. The topological polar surface area (TPSA) is 82.5 Å². The molecule has 1 fully saturated rings. The van der Waals surface area contributed by atoms with E-state index in [-0.39, 0.29) is 17.8 Å². The summed E-state index contributed by atoms with van der Waals surface area (Å²) in [6.07, 6.45) is 1.57. The number of aromatic hydroxyl groups is 1. The average molecular weight is 383 g/mol. The van der Waals surface area contributed by atoms with Crippen molar-refractivity contribution in [3.8, 4) is 28.1 Å². The van der Waals surface area contributed by atoms with Crippen LogP contribution in [0.15, 0.2) is 60.8 Å². The van der Waals surface area contributed by atoms with Gasteiger partial charge in [-0.3, -0.25) is 18.8 Å². The second kappa shape index (κ2) is 6.81. The molecule has 1 unspecified atom stereocenters. The van der Waals surface area contributed by atoms with Crippen molar-refractivity contribution in [2.45, 2.75) is 0 Å². The number of nitrogens with zero attached hydrogens (tertiary/aromatic N) is 2. The van der Waals surface area contributed by atoms with E-state index in [1.54, 1.807) is 18.3 Å². The van der Waals surface area contributed by atoms with E-state index in [1.165, 1.54) is 12.1 Å². The van der Waals surface area contributed by atoms with Gasteiger partial charge in [0, 0.05) is 17.3 Å². The van der Waals surface area contributed by atoms with Crippen molar-refractivity contribution >= 4 is 22.8 Å². The summed E-state index contributed by atoms with van der Waals surface area (Å²) < 4.78 is 30.4. The molecular weight excluding hydrogens is 369 g/mol. The largest absolute Gasteiger partial charge is 0.506 e. The van der Waals surface area contributed by atoms with Crippen molar-refractivity contribution in [2.24, 2.45) is 0 Å². The first-order valence-electron chi connectivity index (χ1n) is 8.07. The lowest BCUT2D eigenvalue weighted by Crippen LogP contribution is -2.23. The molecule has 27 heavy (non-hydrogen) atoms. The van der Waals surface area contributed by atoms with E-state index >= 15 is 4.39 Å². The van der Waals surface area contributed by atoms with Crippen LogP contribution in [0.5, 0.6) is 5.75 Å². The molecule has 0 radical (unpaired) electrons. The minimum atomic E-state index is -1.94.